The highest BCUT2D eigenvalue weighted by Gasteiger charge is 2.06. The molecule has 0 aliphatic carbocycles. The van der Waals surface area contributed by atoms with Gasteiger partial charge in [-0.05, 0) is 0 Å². The zero-order valence-corrected chi connectivity index (χ0v) is 7.31. The third kappa shape index (κ3) is 2.41. The maximum Gasteiger partial charge on any atom is 0.409 e. The molecule has 1 heterocycles. The summed E-state index contributed by atoms with van der Waals surface area (Å²) in [7, 11) is 1.45. The van der Waals surface area contributed by atoms with Gasteiger partial charge in [0.2, 0.25) is 5.82 Å². The molecular weight excluding hydrogens is 188 g/mol. The third-order valence-corrected chi connectivity index (χ3v) is 1.33. The summed E-state index contributed by atoms with van der Waals surface area (Å²) >= 11 is 0. The Balaban J connectivity index is 2.78. The second-order valence-electron chi connectivity index (χ2n) is 2.30. The fourth-order valence-corrected chi connectivity index (χ4v) is 0.745. The van der Waals surface area contributed by atoms with Crippen molar-refractivity contribution in [3.05, 3.63) is 18.2 Å². The molecule has 0 aliphatic heterocycles. The predicted molar refractivity (Wildman–Crippen MR) is 47.1 cm³/mol. The van der Waals surface area contributed by atoms with Gasteiger partial charge in [-0.3, -0.25) is 10.1 Å². The molecule has 3 N–H and O–H groups in total. The first-order valence-corrected chi connectivity index (χ1v) is 3.67. The number of carbonyl (C=O) groups excluding carboxylic acids is 1. The van der Waals surface area contributed by atoms with Crippen LogP contribution >= 0.6 is 0 Å². The Morgan fingerprint density at radius 2 is 1.93 bits per heavy atom. The number of carbonyl (C=O) groups is 2. The summed E-state index contributed by atoms with van der Waals surface area (Å²) in [4.78, 5) is 28.5. The van der Waals surface area contributed by atoms with Crippen LogP contribution in [-0.4, -0.2) is 34.1 Å². The standard InChI is InChI=1S/C7H8N4O3/c1-8-6(12)5-9-2-4(3-10-5)11-7(13)14/h2-3,11H,1H3,(H,8,12)(H,13,14). The molecule has 0 saturated carbocycles. The summed E-state index contributed by atoms with van der Waals surface area (Å²) in [6, 6.07) is 0. The van der Waals surface area contributed by atoms with Gasteiger partial charge in [0.05, 0.1) is 18.1 Å². The molecule has 0 radical (unpaired) electrons. The second kappa shape index (κ2) is 4.17. The van der Waals surface area contributed by atoms with Gasteiger partial charge in [0.1, 0.15) is 0 Å². The van der Waals surface area contributed by atoms with Crippen LogP contribution in [-0.2, 0) is 0 Å². The molecule has 0 spiro atoms. The lowest BCUT2D eigenvalue weighted by molar-refractivity contribution is 0.0953. The van der Waals surface area contributed by atoms with E-state index < -0.39 is 12.0 Å². The number of nitrogens with one attached hydrogen (secondary N) is 2. The molecule has 1 rings (SSSR count). The lowest BCUT2D eigenvalue weighted by Crippen LogP contribution is -2.20. The largest absolute Gasteiger partial charge is 0.465 e. The topological polar surface area (TPSA) is 104 Å². The van der Waals surface area contributed by atoms with Crippen molar-refractivity contribution in [1.29, 1.82) is 0 Å². The van der Waals surface area contributed by atoms with Gasteiger partial charge >= 0.3 is 6.09 Å². The lowest BCUT2D eigenvalue weighted by atomic mass is 10.5. The monoisotopic (exact) mass is 196 g/mol. The summed E-state index contributed by atoms with van der Waals surface area (Å²) in [5.41, 5.74) is 0.213. The van der Waals surface area contributed by atoms with E-state index in [0.717, 1.165) is 0 Å². The molecular formula is C7H8N4O3. The highest BCUT2D eigenvalue weighted by Crippen LogP contribution is 2.01. The van der Waals surface area contributed by atoms with Gasteiger partial charge < -0.3 is 10.4 Å². The van der Waals surface area contributed by atoms with E-state index in [4.69, 9.17) is 5.11 Å². The molecule has 0 atom stereocenters. The van der Waals surface area contributed by atoms with Crippen molar-refractivity contribution in [3.63, 3.8) is 0 Å². The summed E-state index contributed by atoms with van der Waals surface area (Å²) < 4.78 is 0. The number of hydrogen-bond donors (Lipinski definition) is 3. The molecule has 7 heteroatoms. The maximum absolute atomic E-state index is 11.0. The molecule has 0 unspecified atom stereocenters. The van der Waals surface area contributed by atoms with Crippen molar-refractivity contribution in [2.24, 2.45) is 0 Å². The number of hydrogen-bond acceptors (Lipinski definition) is 4. The van der Waals surface area contributed by atoms with Gasteiger partial charge in [-0.15, -0.1) is 0 Å². The first kappa shape index (κ1) is 9.90. The molecule has 1 aromatic heterocycles. The molecule has 0 aromatic carbocycles. The van der Waals surface area contributed by atoms with Gasteiger partial charge in [-0.25, -0.2) is 14.8 Å². The Morgan fingerprint density at radius 3 is 2.36 bits per heavy atom. The first-order chi connectivity index (χ1) is 6.63. The van der Waals surface area contributed by atoms with Gasteiger partial charge in [-0.1, -0.05) is 0 Å². The van der Waals surface area contributed by atoms with Crippen LogP contribution in [0.25, 0.3) is 0 Å². The molecule has 14 heavy (non-hydrogen) atoms. The molecule has 0 aliphatic rings. The van der Waals surface area contributed by atoms with Crippen LogP contribution in [0.3, 0.4) is 0 Å². The number of aromatic nitrogens is 2. The van der Waals surface area contributed by atoms with Crippen molar-refractivity contribution >= 4 is 17.7 Å². The Bertz CT molecular complexity index is 348. The summed E-state index contributed by atoms with van der Waals surface area (Å²) in [5.74, 6) is -0.435. The molecule has 0 fully saturated rings. The SMILES string of the molecule is CNC(=O)c1ncc(NC(=O)O)cn1. The van der Waals surface area contributed by atoms with E-state index in [-0.39, 0.29) is 11.5 Å². The number of nitrogens with zero attached hydrogens (tertiary/aromatic N) is 2. The van der Waals surface area contributed by atoms with Crippen molar-refractivity contribution in [1.82, 2.24) is 15.3 Å². The van der Waals surface area contributed by atoms with E-state index in [2.05, 4.69) is 15.3 Å². The minimum atomic E-state index is -1.21. The maximum atomic E-state index is 11.0. The van der Waals surface area contributed by atoms with Crippen LogP contribution in [0.2, 0.25) is 0 Å². The van der Waals surface area contributed by atoms with Gasteiger partial charge in [0.25, 0.3) is 5.91 Å². The minimum Gasteiger partial charge on any atom is -0.465 e. The van der Waals surface area contributed by atoms with Crippen LogP contribution in [0, 0.1) is 0 Å². The average molecular weight is 196 g/mol. The summed E-state index contributed by atoms with van der Waals surface area (Å²) in [5, 5.41) is 12.7. The lowest BCUT2D eigenvalue weighted by Gasteiger charge is -2.00. The minimum absolute atomic E-state index is 0.0107. The molecule has 0 saturated heterocycles. The molecule has 7 nitrogen and oxygen atoms in total. The Morgan fingerprint density at radius 1 is 1.36 bits per heavy atom. The Labute approximate surface area is 79.2 Å². The molecule has 0 bridgehead atoms. The molecule has 2 amide bonds. The fourth-order valence-electron chi connectivity index (χ4n) is 0.745. The van der Waals surface area contributed by atoms with Crippen LogP contribution in [0.4, 0.5) is 10.5 Å². The normalized spacial score (nSPS) is 9.21. The number of rotatable bonds is 2. The summed E-state index contributed by atoms with van der Waals surface area (Å²) in [6.07, 6.45) is 1.22. The smallest absolute Gasteiger partial charge is 0.409 e. The third-order valence-electron chi connectivity index (χ3n) is 1.33. The van der Waals surface area contributed by atoms with Crippen LogP contribution in [0.1, 0.15) is 10.6 Å². The molecule has 74 valence electrons. The second-order valence-corrected chi connectivity index (χ2v) is 2.30. The van der Waals surface area contributed by atoms with Crippen molar-refractivity contribution in [2.75, 3.05) is 12.4 Å². The van der Waals surface area contributed by atoms with Crippen molar-refractivity contribution in [3.8, 4) is 0 Å². The van der Waals surface area contributed by atoms with Crippen LogP contribution in [0.15, 0.2) is 12.4 Å². The van der Waals surface area contributed by atoms with Gasteiger partial charge in [-0.2, -0.15) is 0 Å². The summed E-state index contributed by atoms with van der Waals surface area (Å²) in [6.45, 7) is 0. The average Bonchev–Trinajstić information content (AvgIpc) is 2.17. The highest BCUT2D eigenvalue weighted by atomic mass is 16.4. The Hall–Kier alpha value is -2.18. The van der Waals surface area contributed by atoms with E-state index in [0.29, 0.717) is 0 Å². The van der Waals surface area contributed by atoms with E-state index in [1.807, 2.05) is 5.32 Å². The Kier molecular flexibility index (Phi) is 2.95. The van der Waals surface area contributed by atoms with Gasteiger partial charge in [0.15, 0.2) is 0 Å². The van der Waals surface area contributed by atoms with Crippen LogP contribution < -0.4 is 10.6 Å². The first-order valence-electron chi connectivity index (χ1n) is 3.67. The van der Waals surface area contributed by atoms with E-state index in [1.165, 1.54) is 19.4 Å². The van der Waals surface area contributed by atoms with Gasteiger partial charge in [0, 0.05) is 7.05 Å². The highest BCUT2D eigenvalue weighted by molar-refractivity contribution is 5.90. The van der Waals surface area contributed by atoms with E-state index in [9.17, 15) is 9.59 Å². The zero-order valence-electron chi connectivity index (χ0n) is 7.31. The zero-order chi connectivity index (χ0) is 10.6. The number of carboxylic acid groups (broad SMARTS) is 1. The number of anilines is 1. The van der Waals surface area contributed by atoms with E-state index in [1.54, 1.807) is 0 Å². The van der Waals surface area contributed by atoms with Crippen LogP contribution in [0.5, 0.6) is 0 Å². The van der Waals surface area contributed by atoms with E-state index >= 15 is 0 Å². The van der Waals surface area contributed by atoms with Crippen molar-refractivity contribution < 1.29 is 14.7 Å². The fraction of sp³-hybridized carbons (Fsp3) is 0.143. The number of amides is 2. The van der Waals surface area contributed by atoms with Crippen molar-refractivity contribution in [2.45, 2.75) is 0 Å². The quantitative estimate of drug-likeness (QED) is 0.614. The molecule has 1 aromatic rings. The predicted octanol–water partition coefficient (Wildman–Crippen LogP) is -0.0739.